The number of benzene rings is 2. The number of hydrogen-bond acceptors (Lipinski definition) is 5. The molecule has 7 nitrogen and oxygen atoms in total. The van der Waals surface area contributed by atoms with E-state index >= 15 is 0 Å². The summed E-state index contributed by atoms with van der Waals surface area (Å²) in [4.78, 5) is 17.1. The number of aromatic nitrogens is 3. The third kappa shape index (κ3) is 4.51. The molecule has 0 radical (unpaired) electrons. The van der Waals surface area contributed by atoms with Gasteiger partial charge < -0.3 is 14.8 Å². The second kappa shape index (κ2) is 8.88. The Labute approximate surface area is 171 Å². The number of aryl methyl sites for hydroxylation is 1. The van der Waals surface area contributed by atoms with Crippen molar-refractivity contribution >= 4 is 27.5 Å². The first-order chi connectivity index (χ1) is 13.5. The van der Waals surface area contributed by atoms with Crippen LogP contribution in [0.15, 0.2) is 40.9 Å². The molecule has 0 saturated heterocycles. The van der Waals surface area contributed by atoms with Gasteiger partial charge >= 0.3 is 0 Å². The van der Waals surface area contributed by atoms with Crippen LogP contribution in [0, 0.1) is 6.92 Å². The molecule has 0 unspecified atom stereocenters. The van der Waals surface area contributed by atoms with Crippen molar-refractivity contribution in [2.45, 2.75) is 20.3 Å². The molecule has 0 aliphatic rings. The van der Waals surface area contributed by atoms with Crippen molar-refractivity contribution < 1.29 is 14.3 Å². The molecule has 2 aromatic carbocycles. The first-order valence-corrected chi connectivity index (χ1v) is 9.62. The molecule has 146 valence electrons. The molecule has 0 saturated carbocycles. The van der Waals surface area contributed by atoms with E-state index in [0.29, 0.717) is 39.7 Å². The highest BCUT2D eigenvalue weighted by Crippen LogP contribution is 2.37. The van der Waals surface area contributed by atoms with Crippen molar-refractivity contribution in [2.24, 2.45) is 0 Å². The van der Waals surface area contributed by atoms with Crippen molar-refractivity contribution in [3.8, 4) is 22.9 Å². The Morgan fingerprint density at radius 3 is 2.79 bits per heavy atom. The number of anilines is 1. The zero-order valence-corrected chi connectivity index (χ0v) is 17.5. The molecule has 0 spiro atoms. The van der Waals surface area contributed by atoms with Crippen LogP contribution in [0.25, 0.3) is 11.4 Å². The minimum absolute atomic E-state index is 0.260. The average molecular weight is 445 g/mol. The Balaban J connectivity index is 1.82. The lowest BCUT2D eigenvalue weighted by Gasteiger charge is -2.14. The Bertz CT molecular complexity index is 987. The number of H-pyrrole nitrogens is 1. The lowest BCUT2D eigenvalue weighted by atomic mass is 10.1. The molecule has 28 heavy (non-hydrogen) atoms. The first-order valence-electron chi connectivity index (χ1n) is 8.83. The molecule has 1 amide bonds. The monoisotopic (exact) mass is 444 g/mol. The summed E-state index contributed by atoms with van der Waals surface area (Å²) < 4.78 is 11.8. The van der Waals surface area contributed by atoms with Crippen LogP contribution in [-0.2, 0) is 0 Å². The maximum atomic E-state index is 12.7. The van der Waals surface area contributed by atoms with Gasteiger partial charge in [-0.15, -0.1) is 0 Å². The number of halogens is 1. The number of amides is 1. The highest BCUT2D eigenvalue weighted by molar-refractivity contribution is 9.10. The molecule has 8 heteroatoms. The van der Waals surface area contributed by atoms with Crippen molar-refractivity contribution in [1.82, 2.24) is 15.2 Å². The normalized spacial score (nSPS) is 10.6. The van der Waals surface area contributed by atoms with E-state index in [1.807, 2.05) is 38.1 Å². The van der Waals surface area contributed by atoms with Crippen LogP contribution >= 0.6 is 15.9 Å². The molecule has 2 N–H and O–H groups in total. The summed E-state index contributed by atoms with van der Waals surface area (Å²) in [7, 11) is 1.55. The van der Waals surface area contributed by atoms with E-state index in [1.54, 1.807) is 19.2 Å². The van der Waals surface area contributed by atoms with Gasteiger partial charge in [0.2, 0.25) is 0 Å². The Hall–Kier alpha value is -2.87. The number of hydrogen-bond donors (Lipinski definition) is 2. The summed E-state index contributed by atoms with van der Waals surface area (Å²) in [6.07, 6.45) is 0.874. The third-order valence-corrected chi connectivity index (χ3v) is 4.51. The van der Waals surface area contributed by atoms with Gasteiger partial charge in [-0.2, -0.15) is 5.10 Å². The SMILES string of the molecule is CCCOc1c(Br)cc(C(=O)Nc2cccc(-c3n[nH]c(C)n3)c2)cc1OC. The molecule has 3 rings (SSSR count). The number of carbonyl (C=O) groups is 1. The van der Waals surface area contributed by atoms with E-state index < -0.39 is 0 Å². The second-order valence-electron chi connectivity index (χ2n) is 6.12. The number of rotatable bonds is 7. The molecule has 0 aliphatic carbocycles. The van der Waals surface area contributed by atoms with Gasteiger partial charge in [-0.25, -0.2) is 4.98 Å². The van der Waals surface area contributed by atoms with E-state index in [9.17, 15) is 4.79 Å². The van der Waals surface area contributed by atoms with Gasteiger partial charge in [0.15, 0.2) is 17.3 Å². The summed E-state index contributed by atoms with van der Waals surface area (Å²) in [5, 5.41) is 9.85. The fraction of sp³-hybridized carbons (Fsp3) is 0.250. The first kappa shape index (κ1) is 19.9. The Morgan fingerprint density at radius 1 is 1.29 bits per heavy atom. The van der Waals surface area contributed by atoms with Crippen LogP contribution in [0.1, 0.15) is 29.5 Å². The quantitative estimate of drug-likeness (QED) is 0.555. The predicted octanol–water partition coefficient (Wildman–Crippen LogP) is 4.59. The third-order valence-electron chi connectivity index (χ3n) is 3.92. The number of carbonyl (C=O) groups excluding carboxylic acids is 1. The number of aromatic amines is 1. The maximum absolute atomic E-state index is 12.7. The number of nitrogens with one attached hydrogen (secondary N) is 2. The van der Waals surface area contributed by atoms with Crippen molar-refractivity contribution in [1.29, 1.82) is 0 Å². The van der Waals surface area contributed by atoms with Gasteiger partial charge in [0.25, 0.3) is 5.91 Å². The van der Waals surface area contributed by atoms with Crippen LogP contribution in [0.5, 0.6) is 11.5 Å². The zero-order valence-electron chi connectivity index (χ0n) is 15.9. The van der Waals surface area contributed by atoms with Crippen molar-refractivity contribution in [3.63, 3.8) is 0 Å². The molecule has 0 fully saturated rings. The lowest BCUT2D eigenvalue weighted by Crippen LogP contribution is -2.12. The molecular formula is C20H21BrN4O3. The summed E-state index contributed by atoms with van der Waals surface area (Å²) in [6, 6.07) is 10.7. The molecule has 3 aromatic rings. The van der Waals surface area contributed by atoms with Crippen LogP contribution in [-0.4, -0.2) is 34.8 Å². The van der Waals surface area contributed by atoms with E-state index in [1.165, 1.54) is 0 Å². The van der Waals surface area contributed by atoms with Gasteiger partial charge in [0.1, 0.15) is 5.82 Å². The predicted molar refractivity (Wildman–Crippen MR) is 111 cm³/mol. The summed E-state index contributed by atoms with van der Waals surface area (Å²) in [5.74, 6) is 2.13. The minimum Gasteiger partial charge on any atom is -0.493 e. The molecule has 1 aromatic heterocycles. The zero-order chi connectivity index (χ0) is 20.1. The van der Waals surface area contributed by atoms with E-state index in [-0.39, 0.29) is 5.91 Å². The average Bonchev–Trinajstić information content (AvgIpc) is 3.13. The fourth-order valence-corrected chi connectivity index (χ4v) is 3.16. The molecular weight excluding hydrogens is 424 g/mol. The van der Waals surface area contributed by atoms with E-state index in [0.717, 1.165) is 17.8 Å². The summed E-state index contributed by atoms with van der Waals surface area (Å²) >= 11 is 3.46. The van der Waals surface area contributed by atoms with E-state index in [2.05, 4.69) is 36.4 Å². The highest BCUT2D eigenvalue weighted by Gasteiger charge is 2.16. The number of methoxy groups -OCH3 is 1. The number of nitrogens with zero attached hydrogens (tertiary/aromatic N) is 2. The van der Waals surface area contributed by atoms with Gasteiger partial charge in [-0.1, -0.05) is 19.1 Å². The van der Waals surface area contributed by atoms with Gasteiger partial charge in [0.05, 0.1) is 18.2 Å². The maximum Gasteiger partial charge on any atom is 0.255 e. The number of ether oxygens (including phenoxy) is 2. The topological polar surface area (TPSA) is 89.1 Å². The van der Waals surface area contributed by atoms with Crippen molar-refractivity contribution in [2.75, 3.05) is 19.0 Å². The van der Waals surface area contributed by atoms with Crippen molar-refractivity contribution in [3.05, 3.63) is 52.3 Å². The summed E-state index contributed by atoms with van der Waals surface area (Å²) in [6.45, 7) is 4.42. The van der Waals surface area contributed by atoms with Crippen LogP contribution in [0.4, 0.5) is 5.69 Å². The minimum atomic E-state index is -0.260. The van der Waals surface area contributed by atoms with Crippen LogP contribution in [0.2, 0.25) is 0 Å². The smallest absolute Gasteiger partial charge is 0.255 e. The lowest BCUT2D eigenvalue weighted by molar-refractivity contribution is 0.102. The van der Waals surface area contributed by atoms with Gasteiger partial charge in [-0.05, 0) is 53.5 Å². The van der Waals surface area contributed by atoms with Crippen LogP contribution < -0.4 is 14.8 Å². The summed E-state index contributed by atoms with van der Waals surface area (Å²) in [5.41, 5.74) is 1.90. The Morgan fingerprint density at radius 2 is 2.11 bits per heavy atom. The molecule has 0 bridgehead atoms. The second-order valence-corrected chi connectivity index (χ2v) is 6.97. The Kier molecular flexibility index (Phi) is 6.30. The van der Waals surface area contributed by atoms with Crippen LogP contribution in [0.3, 0.4) is 0 Å². The fourth-order valence-electron chi connectivity index (χ4n) is 2.61. The standard InChI is InChI=1S/C20H21BrN4O3/c1-4-8-28-18-16(21)10-14(11-17(18)27-3)20(26)23-15-7-5-6-13(9-15)19-22-12(2)24-25-19/h5-7,9-11H,4,8H2,1-3H3,(H,23,26)(H,22,24,25). The van der Waals surface area contributed by atoms with Gasteiger partial charge in [-0.3, -0.25) is 9.89 Å². The highest BCUT2D eigenvalue weighted by atomic mass is 79.9. The van der Waals surface area contributed by atoms with Gasteiger partial charge in [0, 0.05) is 16.8 Å². The largest absolute Gasteiger partial charge is 0.493 e. The molecule has 0 aliphatic heterocycles. The molecule has 1 heterocycles. The molecule has 0 atom stereocenters. The van der Waals surface area contributed by atoms with E-state index in [4.69, 9.17) is 9.47 Å².